The lowest BCUT2D eigenvalue weighted by atomic mass is 9.99. The minimum Gasteiger partial charge on any atom is -0.309 e. The Morgan fingerprint density at radius 1 is 0.448 bits per heavy atom. The van der Waals surface area contributed by atoms with Crippen LogP contribution in [-0.2, 0) is 0 Å². The lowest BCUT2D eigenvalue weighted by Gasteiger charge is -2.42. The lowest BCUT2D eigenvalue weighted by molar-refractivity contribution is 1.09. The van der Waals surface area contributed by atoms with Gasteiger partial charge in [0.05, 0.1) is 22.4 Å². The topological polar surface area (TPSA) is 34.0 Å². The van der Waals surface area contributed by atoms with Gasteiger partial charge in [0.15, 0.2) is 8.07 Å². The number of anilines is 3. The van der Waals surface area contributed by atoms with Crippen LogP contribution in [0, 0.1) is 6.92 Å². The van der Waals surface area contributed by atoms with Crippen LogP contribution in [0.3, 0.4) is 0 Å². The van der Waals surface area contributed by atoms with Gasteiger partial charge in [-0.25, -0.2) is 9.97 Å². The van der Waals surface area contributed by atoms with Crippen molar-refractivity contribution in [3.63, 3.8) is 0 Å². The molecule has 8 aromatic carbocycles. The van der Waals surface area contributed by atoms with E-state index in [-0.39, 0.29) is 0 Å². The Morgan fingerprint density at radius 3 is 1.66 bits per heavy atom. The summed E-state index contributed by atoms with van der Waals surface area (Å²) in [6.07, 6.45) is 0. The third kappa shape index (κ3) is 4.56. The zero-order chi connectivity index (χ0) is 38.4. The van der Waals surface area contributed by atoms with E-state index in [4.69, 9.17) is 9.97 Å². The summed E-state index contributed by atoms with van der Waals surface area (Å²) in [6.45, 7) is 2.15. The van der Waals surface area contributed by atoms with Crippen molar-refractivity contribution in [2.75, 3.05) is 4.90 Å². The molecule has 0 bridgehead atoms. The largest absolute Gasteiger partial charge is 0.309 e. The van der Waals surface area contributed by atoms with Gasteiger partial charge >= 0.3 is 0 Å². The molecular formula is C53H36N4Si. The molecule has 272 valence electrons. The molecule has 1 spiro atoms. The third-order valence-electron chi connectivity index (χ3n) is 12.3. The number of fused-ring (bicyclic) bond motifs is 13. The van der Waals surface area contributed by atoms with Crippen LogP contribution in [0.1, 0.15) is 5.56 Å². The van der Waals surface area contributed by atoms with Crippen molar-refractivity contribution in [1.29, 1.82) is 0 Å². The first-order valence-electron chi connectivity index (χ1n) is 19.9. The summed E-state index contributed by atoms with van der Waals surface area (Å²) >= 11 is 0. The van der Waals surface area contributed by atoms with Gasteiger partial charge in [0, 0.05) is 39.0 Å². The Kier molecular flexibility index (Phi) is 7.13. The maximum atomic E-state index is 5.39. The number of para-hydroxylation sites is 3. The van der Waals surface area contributed by atoms with E-state index in [1.54, 1.807) is 0 Å². The van der Waals surface area contributed by atoms with Crippen molar-refractivity contribution in [2.24, 2.45) is 0 Å². The summed E-state index contributed by atoms with van der Waals surface area (Å²) in [5, 5.41) is 8.13. The van der Waals surface area contributed by atoms with Crippen molar-refractivity contribution in [3.8, 4) is 39.3 Å². The predicted octanol–water partition coefficient (Wildman–Crippen LogP) is 10.4. The average Bonchev–Trinajstić information content (AvgIpc) is 3.78. The van der Waals surface area contributed by atoms with E-state index < -0.39 is 8.07 Å². The molecule has 58 heavy (non-hydrogen) atoms. The van der Waals surface area contributed by atoms with E-state index in [0.29, 0.717) is 5.95 Å². The number of aromatic nitrogens is 3. The first kappa shape index (κ1) is 32.9. The minimum atomic E-state index is -2.92. The molecule has 0 aliphatic carbocycles. The maximum absolute atomic E-state index is 5.39. The highest BCUT2D eigenvalue weighted by atomic mass is 28.3. The zero-order valence-corrected chi connectivity index (χ0v) is 32.8. The molecule has 0 fully saturated rings. The van der Waals surface area contributed by atoms with Crippen LogP contribution in [0.15, 0.2) is 200 Å². The summed E-state index contributed by atoms with van der Waals surface area (Å²) in [5.74, 6) is 0.659. The smallest absolute Gasteiger partial charge is 0.235 e. The number of hydrogen-bond donors (Lipinski definition) is 0. The first-order valence-corrected chi connectivity index (χ1v) is 21.9. The van der Waals surface area contributed by atoms with E-state index in [0.717, 1.165) is 33.9 Å². The highest BCUT2D eigenvalue weighted by Crippen LogP contribution is 2.45. The number of benzene rings is 8. The Bertz CT molecular complexity index is 3140. The number of nitrogens with zero attached hydrogens (tertiary/aromatic N) is 4. The molecule has 2 aliphatic heterocycles. The van der Waals surface area contributed by atoms with Gasteiger partial charge in [-0.1, -0.05) is 163 Å². The van der Waals surface area contributed by atoms with E-state index in [1.807, 2.05) is 0 Å². The van der Waals surface area contributed by atoms with Gasteiger partial charge < -0.3 is 4.57 Å². The summed E-state index contributed by atoms with van der Waals surface area (Å²) in [7, 11) is -2.92. The number of aryl methyl sites for hydroxylation is 1. The van der Waals surface area contributed by atoms with Crippen LogP contribution in [0.2, 0.25) is 0 Å². The molecule has 0 atom stereocenters. The fourth-order valence-corrected chi connectivity index (χ4v) is 15.4. The van der Waals surface area contributed by atoms with E-state index >= 15 is 0 Å². The van der Waals surface area contributed by atoms with Crippen molar-refractivity contribution in [1.82, 2.24) is 14.5 Å². The zero-order valence-electron chi connectivity index (χ0n) is 31.8. The first-order chi connectivity index (χ1) is 28.7. The SMILES string of the molecule is Cc1ccc(-n2c3ccccc3c3c4c(ccc32)[Si]2(c3ccccc3-4)c3ccccc3N(c3nc(-c4ccccc4)cc(-c4ccccc4)n3)c3ccccc32)cc1. The van der Waals surface area contributed by atoms with E-state index in [1.165, 1.54) is 64.9 Å². The van der Waals surface area contributed by atoms with E-state index in [9.17, 15) is 0 Å². The molecule has 4 nitrogen and oxygen atoms in total. The van der Waals surface area contributed by atoms with Crippen LogP contribution < -0.4 is 25.6 Å². The second-order valence-corrected chi connectivity index (χ2v) is 19.1. The second kappa shape index (κ2) is 12.6. The second-order valence-electron chi connectivity index (χ2n) is 15.4. The molecule has 2 aliphatic rings. The molecule has 4 heterocycles. The molecule has 5 heteroatoms. The van der Waals surface area contributed by atoms with Crippen LogP contribution >= 0.6 is 0 Å². The fourth-order valence-electron chi connectivity index (χ4n) is 9.89. The van der Waals surface area contributed by atoms with E-state index in [2.05, 4.69) is 217 Å². The van der Waals surface area contributed by atoms with Gasteiger partial charge in [0.2, 0.25) is 5.95 Å². The van der Waals surface area contributed by atoms with Crippen LogP contribution in [0.5, 0.6) is 0 Å². The standard InChI is InChI=1S/C53H36N4Si/c1-35-28-30-38(31-29-35)56-43-22-10-8-20-39(43)51-46(56)32-33-50-52(51)40-21-9-13-25-47(40)58(50)48-26-14-11-23-44(48)57(45-24-12-15-27-49(45)58)53-54-41(36-16-4-2-5-17-36)34-42(55-53)37-18-6-3-7-19-37/h2-34H,1H3. The van der Waals surface area contributed by atoms with Gasteiger partial charge in [0.25, 0.3) is 0 Å². The summed E-state index contributed by atoms with van der Waals surface area (Å²) in [6, 6.07) is 73.1. The summed E-state index contributed by atoms with van der Waals surface area (Å²) < 4.78 is 2.45. The third-order valence-corrected chi connectivity index (χ3v) is 17.2. The molecule has 0 saturated carbocycles. The molecule has 0 radical (unpaired) electrons. The van der Waals surface area contributed by atoms with Crippen LogP contribution in [0.4, 0.5) is 17.3 Å². The Balaban J connectivity index is 1.17. The summed E-state index contributed by atoms with van der Waals surface area (Å²) in [4.78, 5) is 13.1. The molecule has 12 rings (SSSR count). The van der Waals surface area contributed by atoms with Gasteiger partial charge in [0.1, 0.15) is 0 Å². The maximum Gasteiger partial charge on any atom is 0.235 e. The molecule has 0 unspecified atom stereocenters. The predicted molar refractivity (Wildman–Crippen MR) is 243 cm³/mol. The monoisotopic (exact) mass is 756 g/mol. The molecule has 0 saturated heterocycles. The van der Waals surface area contributed by atoms with Gasteiger partial charge in [-0.2, -0.15) is 0 Å². The minimum absolute atomic E-state index is 0.659. The Labute approximate surface area is 338 Å². The van der Waals surface area contributed by atoms with Gasteiger partial charge in [-0.15, -0.1) is 0 Å². The van der Waals surface area contributed by atoms with Crippen molar-refractivity contribution < 1.29 is 0 Å². The number of rotatable bonds is 4. The summed E-state index contributed by atoms with van der Waals surface area (Å²) in [5.41, 5.74) is 13.7. The van der Waals surface area contributed by atoms with Crippen molar-refractivity contribution in [2.45, 2.75) is 6.92 Å². The molecule has 10 aromatic rings. The molecule has 2 aromatic heterocycles. The molecular weight excluding hydrogens is 721 g/mol. The van der Waals surface area contributed by atoms with Crippen LogP contribution in [0.25, 0.3) is 61.1 Å². The lowest BCUT2D eigenvalue weighted by Crippen LogP contribution is -2.75. The number of hydrogen-bond acceptors (Lipinski definition) is 3. The Hall–Kier alpha value is -7.34. The molecule has 0 amide bonds. The fraction of sp³-hybridized carbons (Fsp3) is 0.0189. The van der Waals surface area contributed by atoms with Crippen molar-refractivity contribution >= 4 is 67.9 Å². The van der Waals surface area contributed by atoms with Crippen LogP contribution in [-0.4, -0.2) is 22.6 Å². The average molecular weight is 757 g/mol. The highest BCUT2D eigenvalue weighted by molar-refractivity contribution is 7.23. The van der Waals surface area contributed by atoms with Gasteiger partial charge in [-0.3, -0.25) is 4.90 Å². The quantitative estimate of drug-likeness (QED) is 0.168. The van der Waals surface area contributed by atoms with Crippen molar-refractivity contribution in [3.05, 3.63) is 206 Å². The van der Waals surface area contributed by atoms with Gasteiger partial charge in [-0.05, 0) is 81.3 Å². The molecule has 0 N–H and O–H groups in total. The normalized spacial score (nSPS) is 13.4. The Morgan fingerprint density at radius 2 is 1.00 bits per heavy atom. The highest BCUT2D eigenvalue weighted by Gasteiger charge is 2.54.